The van der Waals surface area contributed by atoms with Gasteiger partial charge in [0.2, 0.25) is 0 Å². The Morgan fingerprint density at radius 3 is 0.842 bits per heavy atom. The summed E-state index contributed by atoms with van der Waals surface area (Å²) in [6, 6.07) is 0. The van der Waals surface area contributed by atoms with E-state index in [1.54, 1.807) is 0 Å². The number of carbonyl (C=O) groups excluding carboxylic acids is 3. The van der Waals surface area contributed by atoms with Gasteiger partial charge in [0, 0.05) is 19.3 Å². The van der Waals surface area contributed by atoms with Crippen molar-refractivity contribution in [2.75, 3.05) is 13.2 Å². The maximum absolute atomic E-state index is 12.9. The summed E-state index contributed by atoms with van der Waals surface area (Å²) in [5, 5.41) is 0. The lowest BCUT2D eigenvalue weighted by atomic mass is 10.0. The van der Waals surface area contributed by atoms with E-state index >= 15 is 0 Å². The smallest absolute Gasteiger partial charge is 0.306 e. The molecule has 0 N–H and O–H groups in total. The van der Waals surface area contributed by atoms with Crippen molar-refractivity contribution in [2.24, 2.45) is 0 Å². The van der Waals surface area contributed by atoms with Crippen LogP contribution in [0.2, 0.25) is 0 Å². The maximum atomic E-state index is 12.9. The molecule has 0 aliphatic heterocycles. The first-order valence-electron chi connectivity index (χ1n) is 32.6. The predicted octanol–water partition coefficient (Wildman–Crippen LogP) is 22.3. The lowest BCUT2D eigenvalue weighted by Crippen LogP contribution is -2.30. The molecule has 6 heteroatoms. The highest BCUT2D eigenvalue weighted by Gasteiger charge is 2.19. The molecule has 0 rings (SSSR count). The molecular formula is C70H122O6. The van der Waals surface area contributed by atoms with Crippen LogP contribution in [0.5, 0.6) is 0 Å². The van der Waals surface area contributed by atoms with Crippen molar-refractivity contribution < 1.29 is 28.6 Å². The quantitative estimate of drug-likeness (QED) is 0.0261. The fourth-order valence-corrected chi connectivity index (χ4v) is 9.23. The molecule has 0 bridgehead atoms. The molecule has 0 aromatic rings. The van der Waals surface area contributed by atoms with Crippen molar-refractivity contribution in [3.05, 3.63) is 85.1 Å². The van der Waals surface area contributed by atoms with Gasteiger partial charge in [0.05, 0.1) is 0 Å². The van der Waals surface area contributed by atoms with E-state index in [1.165, 1.54) is 167 Å². The summed E-state index contributed by atoms with van der Waals surface area (Å²) in [6.07, 6.45) is 84.6. The summed E-state index contributed by atoms with van der Waals surface area (Å²) in [5.74, 6) is -0.901. The average molecular weight is 1060 g/mol. The van der Waals surface area contributed by atoms with Gasteiger partial charge < -0.3 is 14.2 Å². The molecule has 76 heavy (non-hydrogen) atoms. The fraction of sp³-hybridized carbons (Fsp3) is 0.757. The minimum Gasteiger partial charge on any atom is -0.462 e. The molecule has 438 valence electrons. The van der Waals surface area contributed by atoms with Crippen LogP contribution in [0, 0.1) is 0 Å². The van der Waals surface area contributed by atoms with E-state index in [0.29, 0.717) is 19.3 Å². The van der Waals surface area contributed by atoms with Gasteiger partial charge in [-0.2, -0.15) is 0 Å². The van der Waals surface area contributed by atoms with Crippen LogP contribution in [-0.4, -0.2) is 37.2 Å². The highest BCUT2D eigenvalue weighted by atomic mass is 16.6. The van der Waals surface area contributed by atoms with E-state index in [2.05, 4.69) is 106 Å². The molecule has 0 radical (unpaired) electrons. The van der Waals surface area contributed by atoms with Gasteiger partial charge in [0.25, 0.3) is 0 Å². The Morgan fingerprint density at radius 2 is 0.513 bits per heavy atom. The second-order valence-corrected chi connectivity index (χ2v) is 21.6. The van der Waals surface area contributed by atoms with E-state index in [-0.39, 0.29) is 31.1 Å². The topological polar surface area (TPSA) is 78.9 Å². The molecule has 0 aromatic heterocycles. The zero-order chi connectivity index (χ0) is 55.0. The van der Waals surface area contributed by atoms with Gasteiger partial charge in [-0.15, -0.1) is 0 Å². The molecule has 0 aliphatic carbocycles. The van der Waals surface area contributed by atoms with Crippen molar-refractivity contribution in [3.8, 4) is 0 Å². The standard InChI is InChI=1S/C70H122O6/c1-4-7-10-13-16-19-22-25-27-28-29-30-31-32-33-34-35-36-37-38-39-40-41-42-44-45-48-51-54-57-60-63-69(72)75-66-67(65-74-68(71)62-59-56-53-50-47-24-21-18-15-12-9-6-3)76-70(73)64-61-58-55-52-49-46-43-26-23-20-17-14-11-8-5-2/h8,11,17-18,20-22,25-26,28-29,31-32,43,67H,4-7,9-10,12-16,19,23-24,27,30,33-42,44-66H2,1-3H3/b11-8-,20-17-,21-18-,25-22-,29-28-,32-31-,43-26-. The van der Waals surface area contributed by atoms with Gasteiger partial charge in [-0.3, -0.25) is 14.4 Å². The van der Waals surface area contributed by atoms with Crippen molar-refractivity contribution in [1.82, 2.24) is 0 Å². The highest BCUT2D eigenvalue weighted by Crippen LogP contribution is 2.16. The van der Waals surface area contributed by atoms with Gasteiger partial charge >= 0.3 is 17.9 Å². The fourth-order valence-electron chi connectivity index (χ4n) is 9.23. The molecule has 0 spiro atoms. The van der Waals surface area contributed by atoms with Crippen LogP contribution in [0.15, 0.2) is 85.1 Å². The maximum Gasteiger partial charge on any atom is 0.306 e. The van der Waals surface area contributed by atoms with Gasteiger partial charge in [-0.1, -0.05) is 273 Å². The molecule has 0 aromatic carbocycles. The molecule has 0 heterocycles. The molecule has 0 saturated carbocycles. The minimum atomic E-state index is -0.788. The second kappa shape index (κ2) is 64.1. The first-order valence-corrected chi connectivity index (χ1v) is 32.6. The summed E-state index contributed by atoms with van der Waals surface area (Å²) in [6.45, 7) is 6.50. The lowest BCUT2D eigenvalue weighted by Gasteiger charge is -2.18. The van der Waals surface area contributed by atoms with Gasteiger partial charge in [0.15, 0.2) is 6.10 Å². The first kappa shape index (κ1) is 72.6. The molecule has 0 aliphatic rings. The van der Waals surface area contributed by atoms with Gasteiger partial charge in [0.1, 0.15) is 13.2 Å². The van der Waals surface area contributed by atoms with Gasteiger partial charge in [-0.25, -0.2) is 0 Å². The largest absolute Gasteiger partial charge is 0.462 e. The first-order chi connectivity index (χ1) is 37.5. The number of hydrogen-bond acceptors (Lipinski definition) is 6. The number of esters is 3. The number of ether oxygens (including phenoxy) is 3. The van der Waals surface area contributed by atoms with Crippen LogP contribution >= 0.6 is 0 Å². The van der Waals surface area contributed by atoms with Crippen LogP contribution in [0.3, 0.4) is 0 Å². The minimum absolute atomic E-state index is 0.0844. The van der Waals surface area contributed by atoms with E-state index in [4.69, 9.17) is 14.2 Å². The zero-order valence-corrected chi connectivity index (χ0v) is 50.3. The summed E-state index contributed by atoms with van der Waals surface area (Å²) in [7, 11) is 0. The van der Waals surface area contributed by atoms with Crippen LogP contribution in [0.25, 0.3) is 0 Å². The molecule has 0 fully saturated rings. The molecule has 6 nitrogen and oxygen atoms in total. The predicted molar refractivity (Wildman–Crippen MR) is 330 cm³/mol. The average Bonchev–Trinajstić information content (AvgIpc) is 3.42. The van der Waals surface area contributed by atoms with E-state index in [9.17, 15) is 14.4 Å². The summed E-state index contributed by atoms with van der Waals surface area (Å²) < 4.78 is 16.9. The van der Waals surface area contributed by atoms with Crippen molar-refractivity contribution in [2.45, 2.75) is 329 Å². The number of rotatable bonds is 59. The number of carbonyl (C=O) groups is 3. The van der Waals surface area contributed by atoms with E-state index < -0.39 is 6.10 Å². The lowest BCUT2D eigenvalue weighted by molar-refractivity contribution is -0.167. The number of allylic oxidation sites excluding steroid dienone is 14. The Morgan fingerprint density at radius 1 is 0.276 bits per heavy atom. The van der Waals surface area contributed by atoms with Crippen LogP contribution < -0.4 is 0 Å². The third-order valence-corrected chi connectivity index (χ3v) is 14.1. The summed E-state index contributed by atoms with van der Waals surface area (Å²) in [4.78, 5) is 38.2. The molecule has 1 atom stereocenters. The Kier molecular flexibility index (Phi) is 61.2. The molecule has 0 amide bonds. The number of unbranched alkanes of at least 4 members (excludes halogenated alkanes) is 34. The van der Waals surface area contributed by atoms with Crippen molar-refractivity contribution in [1.29, 1.82) is 0 Å². The van der Waals surface area contributed by atoms with Crippen molar-refractivity contribution >= 4 is 17.9 Å². The Balaban J connectivity index is 4.17. The monoisotopic (exact) mass is 1060 g/mol. The summed E-state index contributed by atoms with van der Waals surface area (Å²) >= 11 is 0. The van der Waals surface area contributed by atoms with E-state index in [0.717, 1.165) is 116 Å². The third-order valence-electron chi connectivity index (χ3n) is 14.1. The zero-order valence-electron chi connectivity index (χ0n) is 50.3. The summed E-state index contributed by atoms with van der Waals surface area (Å²) in [5.41, 5.74) is 0. The number of hydrogen-bond donors (Lipinski definition) is 0. The van der Waals surface area contributed by atoms with Gasteiger partial charge in [-0.05, 0) is 116 Å². The molecular weight excluding hydrogens is 937 g/mol. The van der Waals surface area contributed by atoms with Crippen molar-refractivity contribution in [3.63, 3.8) is 0 Å². The third kappa shape index (κ3) is 61.4. The molecule has 0 saturated heterocycles. The normalized spacial score (nSPS) is 12.6. The highest BCUT2D eigenvalue weighted by molar-refractivity contribution is 5.71. The van der Waals surface area contributed by atoms with Crippen LogP contribution in [0.1, 0.15) is 323 Å². The SMILES string of the molecule is CC/C=C\C/C=C\C/C=C\CCCCCCCC(=O)OC(COC(=O)CCCCCCC/C=C\CCCCC)COC(=O)CCCCCCCCCCCCCCCCCC/C=C\C/C=C\C/C=C\CCCCCCC. The second-order valence-electron chi connectivity index (χ2n) is 21.6. The van der Waals surface area contributed by atoms with Crippen LogP contribution in [0.4, 0.5) is 0 Å². The Bertz CT molecular complexity index is 1450. The Hall–Kier alpha value is -3.41. The molecule has 1 unspecified atom stereocenters. The van der Waals surface area contributed by atoms with Crippen LogP contribution in [-0.2, 0) is 28.6 Å². The Labute approximate surface area is 471 Å². The van der Waals surface area contributed by atoms with E-state index in [1.807, 2.05) is 0 Å².